The summed E-state index contributed by atoms with van der Waals surface area (Å²) in [6.07, 6.45) is 2.22. The molecule has 0 saturated heterocycles. The number of aliphatic carboxylic acids is 2. The maximum absolute atomic E-state index is 9.55. The van der Waals surface area contributed by atoms with Gasteiger partial charge in [-0.3, -0.25) is 0 Å². The number of hydrogen-bond acceptors (Lipinski definition) is 4. The smallest absolute Gasteiger partial charge is 0.328 e. The summed E-state index contributed by atoms with van der Waals surface area (Å²) in [7, 11) is 4.10. The zero-order valence-electron chi connectivity index (χ0n) is 9.01. The van der Waals surface area contributed by atoms with Crippen LogP contribution in [0.5, 0.6) is 0 Å². The second kappa shape index (κ2) is 10.7. The second-order valence-electron chi connectivity index (χ2n) is 2.96. The number of rotatable bonds is 5. The van der Waals surface area contributed by atoms with E-state index in [1.807, 2.05) is 0 Å². The molecule has 4 N–H and O–H groups in total. The van der Waals surface area contributed by atoms with Crippen LogP contribution in [0.3, 0.4) is 0 Å². The first-order valence-electron chi connectivity index (χ1n) is 4.39. The monoisotopic (exact) mass is 218 g/mol. The van der Waals surface area contributed by atoms with Gasteiger partial charge in [-0.2, -0.15) is 0 Å². The predicted molar refractivity (Wildman–Crippen MR) is 56.6 cm³/mol. The van der Waals surface area contributed by atoms with Crippen LogP contribution >= 0.6 is 0 Å². The summed E-state index contributed by atoms with van der Waals surface area (Å²) in [5, 5.41) is 15.6. The Kier molecular flexibility index (Phi) is 11.4. The zero-order valence-corrected chi connectivity index (χ0v) is 9.01. The third-order valence-corrected chi connectivity index (χ3v) is 1.18. The summed E-state index contributed by atoms with van der Waals surface area (Å²) in [4.78, 5) is 21.2. The van der Waals surface area contributed by atoms with Crippen molar-refractivity contribution >= 4 is 11.9 Å². The van der Waals surface area contributed by atoms with Gasteiger partial charge >= 0.3 is 11.9 Å². The first-order chi connectivity index (χ1) is 6.90. The topological polar surface area (TPSA) is 104 Å². The van der Waals surface area contributed by atoms with Gasteiger partial charge in [-0.05, 0) is 33.6 Å². The van der Waals surface area contributed by atoms with Crippen molar-refractivity contribution in [2.45, 2.75) is 6.42 Å². The van der Waals surface area contributed by atoms with Crippen LogP contribution in [0.1, 0.15) is 6.42 Å². The molecule has 0 amide bonds. The first kappa shape index (κ1) is 16.0. The Balaban J connectivity index is 0. The van der Waals surface area contributed by atoms with Gasteiger partial charge < -0.3 is 20.8 Å². The van der Waals surface area contributed by atoms with Gasteiger partial charge in [0, 0.05) is 12.2 Å². The summed E-state index contributed by atoms with van der Waals surface area (Å²) < 4.78 is 0. The minimum atomic E-state index is -1.26. The van der Waals surface area contributed by atoms with E-state index in [2.05, 4.69) is 19.0 Å². The molecule has 0 aliphatic rings. The van der Waals surface area contributed by atoms with Crippen LogP contribution in [0.2, 0.25) is 0 Å². The van der Waals surface area contributed by atoms with E-state index >= 15 is 0 Å². The molecule has 0 fully saturated rings. The van der Waals surface area contributed by atoms with Crippen molar-refractivity contribution in [1.82, 2.24) is 4.90 Å². The van der Waals surface area contributed by atoms with E-state index in [9.17, 15) is 9.59 Å². The highest BCUT2D eigenvalue weighted by molar-refractivity contribution is 5.89. The molecule has 6 heteroatoms. The van der Waals surface area contributed by atoms with Crippen molar-refractivity contribution < 1.29 is 19.8 Å². The van der Waals surface area contributed by atoms with Crippen molar-refractivity contribution in [2.75, 3.05) is 27.2 Å². The molecule has 0 aromatic carbocycles. The number of nitrogens with zero attached hydrogens (tertiary/aromatic N) is 1. The molecule has 0 atom stereocenters. The largest absolute Gasteiger partial charge is 0.478 e. The van der Waals surface area contributed by atoms with Crippen molar-refractivity contribution in [2.24, 2.45) is 5.73 Å². The SMILES string of the molecule is CN(C)CCCN.O=C(O)/C=C\C(=O)O. The third-order valence-electron chi connectivity index (χ3n) is 1.18. The summed E-state index contributed by atoms with van der Waals surface area (Å²) in [6, 6.07) is 0. The average Bonchev–Trinajstić information content (AvgIpc) is 2.12. The number of nitrogens with two attached hydrogens (primary N) is 1. The number of carboxylic acids is 2. The van der Waals surface area contributed by atoms with Gasteiger partial charge in [-0.1, -0.05) is 0 Å². The van der Waals surface area contributed by atoms with Crippen molar-refractivity contribution in [3.63, 3.8) is 0 Å². The lowest BCUT2D eigenvalue weighted by molar-refractivity contribution is -0.134. The molecule has 0 aromatic heterocycles. The Morgan fingerprint density at radius 1 is 1.20 bits per heavy atom. The molecule has 0 rings (SSSR count). The highest BCUT2D eigenvalue weighted by Crippen LogP contribution is 1.76. The third kappa shape index (κ3) is 24.5. The fourth-order valence-electron chi connectivity index (χ4n) is 0.550. The van der Waals surface area contributed by atoms with Crippen LogP contribution in [0.25, 0.3) is 0 Å². The van der Waals surface area contributed by atoms with Gasteiger partial charge in [-0.25, -0.2) is 9.59 Å². The van der Waals surface area contributed by atoms with Crippen LogP contribution < -0.4 is 5.73 Å². The Labute approximate surface area is 89.0 Å². The van der Waals surface area contributed by atoms with Crippen LogP contribution in [-0.4, -0.2) is 54.2 Å². The molecule has 88 valence electrons. The Hall–Kier alpha value is -1.40. The van der Waals surface area contributed by atoms with Gasteiger partial charge in [-0.15, -0.1) is 0 Å². The van der Waals surface area contributed by atoms with E-state index in [4.69, 9.17) is 15.9 Å². The fourth-order valence-corrected chi connectivity index (χ4v) is 0.550. The molecule has 0 bridgehead atoms. The molecule has 15 heavy (non-hydrogen) atoms. The molecule has 0 spiro atoms. The van der Waals surface area contributed by atoms with Gasteiger partial charge in [0.1, 0.15) is 0 Å². The van der Waals surface area contributed by atoms with E-state index < -0.39 is 11.9 Å². The van der Waals surface area contributed by atoms with Crippen molar-refractivity contribution in [3.05, 3.63) is 12.2 Å². The first-order valence-corrected chi connectivity index (χ1v) is 4.39. The molecule has 6 nitrogen and oxygen atoms in total. The predicted octanol–water partition coefficient (Wildman–Crippen LogP) is -0.391. The number of carbonyl (C=O) groups is 2. The molecular formula is C9H18N2O4. The molecule has 0 aliphatic heterocycles. The highest BCUT2D eigenvalue weighted by Gasteiger charge is 1.88. The van der Waals surface area contributed by atoms with Crippen LogP contribution in [0.15, 0.2) is 12.2 Å². The Morgan fingerprint density at radius 2 is 1.60 bits per heavy atom. The minimum Gasteiger partial charge on any atom is -0.478 e. The van der Waals surface area contributed by atoms with Gasteiger partial charge in [0.2, 0.25) is 0 Å². The van der Waals surface area contributed by atoms with Gasteiger partial charge in [0.15, 0.2) is 0 Å². The second-order valence-corrected chi connectivity index (χ2v) is 2.96. The van der Waals surface area contributed by atoms with E-state index in [-0.39, 0.29) is 0 Å². The van der Waals surface area contributed by atoms with E-state index in [0.717, 1.165) is 19.5 Å². The van der Waals surface area contributed by atoms with Gasteiger partial charge in [0.05, 0.1) is 0 Å². The lowest BCUT2D eigenvalue weighted by atomic mass is 10.4. The highest BCUT2D eigenvalue weighted by atomic mass is 16.4. The summed E-state index contributed by atoms with van der Waals surface area (Å²) in [5.74, 6) is -2.51. The summed E-state index contributed by atoms with van der Waals surface area (Å²) >= 11 is 0. The normalized spacial score (nSPS) is 9.87. The lowest BCUT2D eigenvalue weighted by Gasteiger charge is -2.05. The van der Waals surface area contributed by atoms with Crippen LogP contribution in [0, 0.1) is 0 Å². The van der Waals surface area contributed by atoms with Crippen molar-refractivity contribution in [3.8, 4) is 0 Å². The maximum atomic E-state index is 9.55. The number of hydrogen-bond donors (Lipinski definition) is 3. The average molecular weight is 218 g/mol. The molecule has 0 aromatic rings. The van der Waals surface area contributed by atoms with E-state index in [1.54, 1.807) is 0 Å². The molecule has 0 saturated carbocycles. The lowest BCUT2D eigenvalue weighted by Crippen LogP contribution is -2.16. The standard InChI is InChI=1S/C5H14N2.C4H4O4/c1-7(2)5-3-4-6;5-3(6)1-2-4(7)8/h3-6H2,1-2H3;1-2H,(H,5,6)(H,7,8)/b;2-1-. The van der Waals surface area contributed by atoms with Crippen molar-refractivity contribution in [1.29, 1.82) is 0 Å². The Bertz CT molecular complexity index is 198. The zero-order chi connectivity index (χ0) is 12.3. The van der Waals surface area contributed by atoms with Crippen LogP contribution in [0.4, 0.5) is 0 Å². The summed E-state index contributed by atoms with van der Waals surface area (Å²) in [6.45, 7) is 1.91. The molecule has 0 heterocycles. The quantitative estimate of drug-likeness (QED) is 0.543. The maximum Gasteiger partial charge on any atom is 0.328 e. The molecular weight excluding hydrogens is 200 g/mol. The fraction of sp³-hybridized carbons (Fsp3) is 0.556. The molecule has 0 unspecified atom stereocenters. The summed E-state index contributed by atoms with van der Waals surface area (Å²) in [5.41, 5.74) is 5.25. The molecule has 0 radical (unpaired) electrons. The minimum absolute atomic E-state index is 0.558. The van der Waals surface area contributed by atoms with Gasteiger partial charge in [0.25, 0.3) is 0 Å². The Morgan fingerprint density at radius 3 is 1.73 bits per heavy atom. The molecule has 0 aliphatic carbocycles. The van der Waals surface area contributed by atoms with Crippen LogP contribution in [-0.2, 0) is 9.59 Å². The van der Waals surface area contributed by atoms with E-state index in [0.29, 0.717) is 12.2 Å². The van der Waals surface area contributed by atoms with E-state index in [1.165, 1.54) is 0 Å². The number of carboxylic acid groups (broad SMARTS) is 2.